The summed E-state index contributed by atoms with van der Waals surface area (Å²) in [5.74, 6) is -0.0363. The van der Waals surface area contributed by atoms with E-state index in [2.05, 4.69) is 24.7 Å². The molecule has 1 atom stereocenters. The predicted molar refractivity (Wildman–Crippen MR) is 91.3 cm³/mol. The Balaban J connectivity index is 1.87. The Morgan fingerprint density at radius 2 is 1.78 bits per heavy atom. The van der Waals surface area contributed by atoms with Crippen molar-refractivity contribution in [3.8, 4) is 17.1 Å². The molecule has 27 heavy (non-hydrogen) atoms. The molecule has 0 spiro atoms. The van der Waals surface area contributed by atoms with Gasteiger partial charge >= 0.3 is 6.36 Å². The fourth-order valence-corrected chi connectivity index (χ4v) is 2.59. The molecule has 9 heteroatoms. The van der Waals surface area contributed by atoms with E-state index < -0.39 is 6.36 Å². The second kappa shape index (κ2) is 7.18. The van der Waals surface area contributed by atoms with Gasteiger partial charge in [0.05, 0.1) is 17.1 Å². The predicted octanol–water partition coefficient (Wildman–Crippen LogP) is 3.59. The molecule has 0 bridgehead atoms. The highest BCUT2D eigenvalue weighted by Gasteiger charge is 2.31. The number of aromatic nitrogens is 4. The average molecular weight is 376 g/mol. The molecule has 6 nitrogen and oxygen atoms in total. The van der Waals surface area contributed by atoms with Crippen LogP contribution in [0.25, 0.3) is 11.4 Å². The van der Waals surface area contributed by atoms with Gasteiger partial charge in [0.1, 0.15) is 17.9 Å². The SMILES string of the molecule is Cc1nc(-c2cc([C@@H](C)c3ccc(OC(F)(F)F)cc3)ncn2)cc(=O)[nH]1. The summed E-state index contributed by atoms with van der Waals surface area (Å²) in [7, 11) is 0. The molecule has 0 saturated carbocycles. The van der Waals surface area contributed by atoms with E-state index in [1.807, 2.05) is 6.92 Å². The molecule has 0 unspecified atom stereocenters. The van der Waals surface area contributed by atoms with E-state index in [-0.39, 0.29) is 17.2 Å². The van der Waals surface area contributed by atoms with Gasteiger partial charge in [-0.25, -0.2) is 15.0 Å². The first kappa shape index (κ1) is 18.6. The van der Waals surface area contributed by atoms with Crippen molar-refractivity contribution in [3.05, 3.63) is 70.2 Å². The van der Waals surface area contributed by atoms with Crippen LogP contribution in [-0.4, -0.2) is 26.3 Å². The monoisotopic (exact) mass is 376 g/mol. The van der Waals surface area contributed by atoms with Crippen LogP contribution in [0.5, 0.6) is 5.75 Å². The van der Waals surface area contributed by atoms with E-state index >= 15 is 0 Å². The zero-order valence-corrected chi connectivity index (χ0v) is 14.4. The lowest BCUT2D eigenvalue weighted by Crippen LogP contribution is -2.17. The van der Waals surface area contributed by atoms with Crippen molar-refractivity contribution in [2.75, 3.05) is 0 Å². The number of aryl methyl sites for hydroxylation is 1. The number of benzene rings is 1. The number of ether oxygens (including phenoxy) is 1. The average Bonchev–Trinajstić information content (AvgIpc) is 2.60. The minimum Gasteiger partial charge on any atom is -0.406 e. The topological polar surface area (TPSA) is 80.8 Å². The third-order valence-corrected chi connectivity index (χ3v) is 3.87. The maximum atomic E-state index is 12.3. The van der Waals surface area contributed by atoms with Crippen molar-refractivity contribution in [1.29, 1.82) is 0 Å². The summed E-state index contributed by atoms with van der Waals surface area (Å²) in [6, 6.07) is 8.64. The number of alkyl halides is 3. The van der Waals surface area contributed by atoms with Crippen LogP contribution in [0.2, 0.25) is 0 Å². The number of rotatable bonds is 4. The second-order valence-corrected chi connectivity index (χ2v) is 5.88. The zero-order valence-electron chi connectivity index (χ0n) is 14.4. The van der Waals surface area contributed by atoms with Crippen molar-refractivity contribution in [1.82, 2.24) is 19.9 Å². The van der Waals surface area contributed by atoms with Gasteiger partial charge in [-0.2, -0.15) is 0 Å². The Hall–Kier alpha value is -3.23. The molecule has 1 N–H and O–H groups in total. The first-order chi connectivity index (χ1) is 12.7. The van der Waals surface area contributed by atoms with Crippen LogP contribution >= 0.6 is 0 Å². The molecule has 2 heterocycles. The summed E-state index contributed by atoms with van der Waals surface area (Å²) in [5.41, 5.74) is 2.01. The minimum absolute atomic E-state index is 0.213. The highest BCUT2D eigenvalue weighted by molar-refractivity contribution is 5.54. The zero-order chi connectivity index (χ0) is 19.6. The van der Waals surface area contributed by atoms with Crippen LogP contribution in [-0.2, 0) is 0 Å². The molecule has 2 aromatic heterocycles. The fraction of sp³-hybridized carbons (Fsp3) is 0.222. The van der Waals surface area contributed by atoms with Crippen molar-refractivity contribution in [2.45, 2.75) is 26.1 Å². The van der Waals surface area contributed by atoms with Gasteiger partial charge in [-0.05, 0) is 30.7 Å². The van der Waals surface area contributed by atoms with Gasteiger partial charge in [-0.15, -0.1) is 13.2 Å². The molecule has 0 aliphatic heterocycles. The smallest absolute Gasteiger partial charge is 0.406 e. The number of aromatic amines is 1. The van der Waals surface area contributed by atoms with Gasteiger partial charge in [-0.1, -0.05) is 19.1 Å². The first-order valence-electron chi connectivity index (χ1n) is 7.97. The van der Waals surface area contributed by atoms with E-state index in [0.29, 0.717) is 22.9 Å². The van der Waals surface area contributed by atoms with Gasteiger partial charge in [0.25, 0.3) is 5.56 Å². The van der Waals surface area contributed by atoms with Crippen LogP contribution in [0.15, 0.2) is 47.5 Å². The number of halogens is 3. The van der Waals surface area contributed by atoms with Gasteiger partial charge in [0.2, 0.25) is 0 Å². The molecular formula is C18H15F3N4O2. The molecule has 0 radical (unpaired) electrons. The summed E-state index contributed by atoms with van der Waals surface area (Å²) in [6.45, 7) is 3.53. The Bertz CT molecular complexity index is 1000. The van der Waals surface area contributed by atoms with Gasteiger partial charge in [-0.3, -0.25) is 4.79 Å². The lowest BCUT2D eigenvalue weighted by atomic mass is 9.97. The van der Waals surface area contributed by atoms with Crippen molar-refractivity contribution in [3.63, 3.8) is 0 Å². The molecule has 3 rings (SSSR count). The van der Waals surface area contributed by atoms with Gasteiger partial charge in [0, 0.05) is 12.0 Å². The molecule has 3 aromatic rings. The third-order valence-electron chi connectivity index (χ3n) is 3.87. The standard InChI is InChI=1S/C18H15F3N4O2/c1-10(12-3-5-13(6-4-12)27-18(19,20)21)14-7-15(23-9-22-14)16-8-17(26)25-11(2)24-16/h3-10H,1-2H3,(H,24,25,26)/t10-/m0/s1. The highest BCUT2D eigenvalue weighted by Crippen LogP contribution is 2.28. The largest absolute Gasteiger partial charge is 0.573 e. The van der Waals surface area contributed by atoms with E-state index in [4.69, 9.17) is 0 Å². The summed E-state index contributed by atoms with van der Waals surface area (Å²) in [5, 5.41) is 0. The maximum absolute atomic E-state index is 12.3. The molecule has 0 amide bonds. The van der Waals surface area contributed by atoms with Crippen molar-refractivity contribution in [2.24, 2.45) is 0 Å². The number of hydrogen-bond donors (Lipinski definition) is 1. The summed E-state index contributed by atoms with van der Waals surface area (Å²) in [4.78, 5) is 26.8. The lowest BCUT2D eigenvalue weighted by Gasteiger charge is -2.14. The Morgan fingerprint density at radius 1 is 1.07 bits per heavy atom. The van der Waals surface area contributed by atoms with E-state index in [9.17, 15) is 18.0 Å². The normalized spacial score (nSPS) is 12.6. The quantitative estimate of drug-likeness (QED) is 0.753. The maximum Gasteiger partial charge on any atom is 0.573 e. The summed E-state index contributed by atoms with van der Waals surface area (Å²) >= 11 is 0. The van der Waals surface area contributed by atoms with Crippen LogP contribution in [0.3, 0.4) is 0 Å². The Morgan fingerprint density at radius 3 is 2.41 bits per heavy atom. The lowest BCUT2D eigenvalue weighted by molar-refractivity contribution is -0.274. The molecule has 0 aliphatic carbocycles. The van der Waals surface area contributed by atoms with Crippen LogP contribution < -0.4 is 10.3 Å². The Labute approximate surface area is 152 Å². The Kier molecular flexibility index (Phi) is 4.93. The van der Waals surface area contributed by atoms with Gasteiger partial charge in [0.15, 0.2) is 0 Å². The second-order valence-electron chi connectivity index (χ2n) is 5.88. The van der Waals surface area contributed by atoms with E-state index in [1.54, 1.807) is 25.1 Å². The van der Waals surface area contributed by atoms with Crippen LogP contribution in [0.1, 0.15) is 29.9 Å². The molecule has 0 fully saturated rings. The highest BCUT2D eigenvalue weighted by atomic mass is 19.4. The third kappa shape index (κ3) is 4.69. The van der Waals surface area contributed by atoms with Crippen molar-refractivity contribution < 1.29 is 17.9 Å². The first-order valence-corrected chi connectivity index (χ1v) is 7.97. The van der Waals surface area contributed by atoms with Crippen LogP contribution in [0, 0.1) is 6.92 Å². The van der Waals surface area contributed by atoms with E-state index in [1.165, 1.54) is 24.5 Å². The number of hydrogen-bond acceptors (Lipinski definition) is 5. The molecule has 140 valence electrons. The molecular weight excluding hydrogens is 361 g/mol. The molecule has 0 aliphatic rings. The van der Waals surface area contributed by atoms with E-state index in [0.717, 1.165) is 5.56 Å². The fourth-order valence-electron chi connectivity index (χ4n) is 2.59. The summed E-state index contributed by atoms with van der Waals surface area (Å²) < 4.78 is 40.6. The summed E-state index contributed by atoms with van der Waals surface area (Å²) in [6.07, 6.45) is -3.37. The number of H-pyrrole nitrogens is 1. The molecule has 1 aromatic carbocycles. The van der Waals surface area contributed by atoms with Crippen LogP contribution in [0.4, 0.5) is 13.2 Å². The molecule has 0 saturated heterocycles. The minimum atomic E-state index is -4.73. The van der Waals surface area contributed by atoms with Crippen molar-refractivity contribution >= 4 is 0 Å². The van der Waals surface area contributed by atoms with Gasteiger partial charge < -0.3 is 9.72 Å². The number of nitrogens with one attached hydrogen (secondary N) is 1. The number of nitrogens with zero attached hydrogens (tertiary/aromatic N) is 3.